The van der Waals surface area contributed by atoms with Gasteiger partial charge in [-0.1, -0.05) is 18.5 Å². The number of fused-ring (bicyclic) bond motifs is 1. The lowest BCUT2D eigenvalue weighted by Crippen LogP contribution is -2.48. The van der Waals surface area contributed by atoms with Gasteiger partial charge in [-0.05, 0) is 87.1 Å². The molecule has 148 valence electrons. The molecule has 1 heterocycles. The molecule has 3 rings (SSSR count). The predicted molar refractivity (Wildman–Crippen MR) is 117 cm³/mol. The molecule has 0 aliphatic carbocycles. The van der Waals surface area contributed by atoms with Gasteiger partial charge in [0.25, 0.3) is 0 Å². The number of hydrogen-bond acceptors (Lipinski definition) is 3. The maximum Gasteiger partial charge on any atom is 0.335 e. The summed E-state index contributed by atoms with van der Waals surface area (Å²) in [6.45, 7) is 12.1. The highest BCUT2D eigenvalue weighted by atomic mass is 35.5. The lowest BCUT2D eigenvalue weighted by Gasteiger charge is -2.47. The first kappa shape index (κ1) is 20.4. The van der Waals surface area contributed by atoms with Crippen molar-refractivity contribution in [2.45, 2.75) is 52.5 Å². The second kappa shape index (κ2) is 7.59. The average Bonchev–Trinajstić information content (AvgIpc) is 2.61. The Labute approximate surface area is 171 Å². The second-order valence-corrected chi connectivity index (χ2v) is 8.57. The van der Waals surface area contributed by atoms with Crippen molar-refractivity contribution in [3.63, 3.8) is 0 Å². The molecule has 2 aromatic carbocycles. The molecule has 1 atom stereocenters. The smallest absolute Gasteiger partial charge is 0.335 e. The number of halogens is 1. The van der Waals surface area contributed by atoms with Crippen LogP contribution in [0.15, 0.2) is 35.3 Å². The van der Waals surface area contributed by atoms with E-state index < -0.39 is 5.97 Å². The topological polar surface area (TPSA) is 52.9 Å². The van der Waals surface area contributed by atoms with Gasteiger partial charge in [0.05, 0.1) is 16.3 Å². The van der Waals surface area contributed by atoms with E-state index in [1.54, 1.807) is 12.3 Å². The lowest BCUT2D eigenvalue weighted by atomic mass is 9.79. The van der Waals surface area contributed by atoms with Crippen molar-refractivity contribution >= 4 is 35.2 Å². The zero-order valence-electron chi connectivity index (χ0n) is 17.1. The Hall–Kier alpha value is -2.33. The van der Waals surface area contributed by atoms with E-state index in [0.29, 0.717) is 16.6 Å². The minimum atomic E-state index is -0.992. The van der Waals surface area contributed by atoms with Crippen molar-refractivity contribution in [3.8, 4) is 0 Å². The quantitative estimate of drug-likeness (QED) is 0.623. The van der Waals surface area contributed by atoms with Crippen molar-refractivity contribution < 1.29 is 9.90 Å². The Balaban J connectivity index is 2.02. The van der Waals surface area contributed by atoms with Gasteiger partial charge in [-0.2, -0.15) is 0 Å². The Morgan fingerprint density at radius 2 is 2.07 bits per heavy atom. The van der Waals surface area contributed by atoms with Gasteiger partial charge in [-0.3, -0.25) is 4.99 Å². The molecule has 1 aliphatic heterocycles. The van der Waals surface area contributed by atoms with Crippen molar-refractivity contribution in [1.29, 1.82) is 0 Å². The first-order chi connectivity index (χ1) is 13.1. The molecule has 0 saturated carbocycles. The van der Waals surface area contributed by atoms with Crippen LogP contribution in [0.2, 0.25) is 5.02 Å². The summed E-state index contributed by atoms with van der Waals surface area (Å²) in [5.41, 5.74) is 5.56. The zero-order valence-corrected chi connectivity index (χ0v) is 17.8. The molecule has 0 fully saturated rings. The van der Waals surface area contributed by atoms with Crippen LogP contribution in [0, 0.1) is 6.92 Å². The summed E-state index contributed by atoms with van der Waals surface area (Å²) in [6.07, 6.45) is 2.88. The number of anilines is 1. The molecule has 0 saturated heterocycles. The molecule has 0 amide bonds. The Kier molecular flexibility index (Phi) is 5.53. The van der Waals surface area contributed by atoms with E-state index in [4.69, 9.17) is 11.6 Å². The van der Waals surface area contributed by atoms with Crippen molar-refractivity contribution in [3.05, 3.63) is 57.6 Å². The number of carboxylic acids is 1. The predicted octanol–water partition coefficient (Wildman–Crippen LogP) is 6.21. The standard InChI is InChI=1S/C23H27ClN2O2/c1-6-26-21-9-14(2)17(10-18(21)15(3)12-23(26,4)5)13-25-20-11-16(22(27)28)7-8-19(20)24/h7-11,13,15H,6,12H2,1-5H3,(H,27,28). The third-order valence-corrected chi connectivity index (χ3v) is 5.95. The highest BCUT2D eigenvalue weighted by molar-refractivity contribution is 6.33. The summed E-state index contributed by atoms with van der Waals surface area (Å²) in [5, 5.41) is 9.62. The van der Waals surface area contributed by atoms with Crippen LogP contribution < -0.4 is 4.90 Å². The van der Waals surface area contributed by atoms with E-state index in [2.05, 4.69) is 56.6 Å². The van der Waals surface area contributed by atoms with Crippen LogP contribution in [-0.2, 0) is 0 Å². The Morgan fingerprint density at radius 1 is 1.36 bits per heavy atom. The number of hydrogen-bond donors (Lipinski definition) is 1. The number of aliphatic imine (C=N–C) groups is 1. The summed E-state index contributed by atoms with van der Waals surface area (Å²) < 4.78 is 0. The summed E-state index contributed by atoms with van der Waals surface area (Å²) >= 11 is 6.20. The number of benzene rings is 2. The third-order valence-electron chi connectivity index (χ3n) is 5.63. The van der Waals surface area contributed by atoms with Gasteiger partial charge in [0, 0.05) is 24.0 Å². The van der Waals surface area contributed by atoms with E-state index in [0.717, 1.165) is 24.1 Å². The van der Waals surface area contributed by atoms with Crippen LogP contribution in [0.3, 0.4) is 0 Å². The number of nitrogens with zero attached hydrogens (tertiary/aromatic N) is 2. The van der Waals surface area contributed by atoms with Crippen LogP contribution in [0.4, 0.5) is 11.4 Å². The lowest BCUT2D eigenvalue weighted by molar-refractivity contribution is 0.0697. The number of aryl methyl sites for hydroxylation is 1. The molecule has 4 nitrogen and oxygen atoms in total. The van der Waals surface area contributed by atoms with Gasteiger partial charge in [-0.15, -0.1) is 0 Å². The van der Waals surface area contributed by atoms with Crippen LogP contribution in [0.1, 0.15) is 67.1 Å². The monoisotopic (exact) mass is 398 g/mol. The molecule has 0 bridgehead atoms. The van der Waals surface area contributed by atoms with Gasteiger partial charge in [0.2, 0.25) is 0 Å². The fourth-order valence-electron chi connectivity index (χ4n) is 4.27. The number of aromatic carboxylic acids is 1. The van der Waals surface area contributed by atoms with E-state index in [-0.39, 0.29) is 11.1 Å². The maximum absolute atomic E-state index is 11.2. The molecule has 0 radical (unpaired) electrons. The van der Waals surface area contributed by atoms with Crippen LogP contribution in [0.25, 0.3) is 0 Å². The van der Waals surface area contributed by atoms with Gasteiger partial charge < -0.3 is 10.0 Å². The third kappa shape index (κ3) is 3.79. The highest BCUT2D eigenvalue weighted by Gasteiger charge is 2.35. The van der Waals surface area contributed by atoms with Crippen molar-refractivity contribution in [2.75, 3.05) is 11.4 Å². The maximum atomic E-state index is 11.2. The first-order valence-corrected chi connectivity index (χ1v) is 10.0. The van der Waals surface area contributed by atoms with E-state index in [1.807, 2.05) is 0 Å². The molecule has 0 spiro atoms. The molecule has 0 aromatic heterocycles. The van der Waals surface area contributed by atoms with Crippen molar-refractivity contribution in [1.82, 2.24) is 0 Å². The minimum Gasteiger partial charge on any atom is -0.478 e. The van der Waals surface area contributed by atoms with Crippen LogP contribution in [0.5, 0.6) is 0 Å². The number of rotatable bonds is 4. The van der Waals surface area contributed by atoms with E-state index in [1.165, 1.54) is 23.4 Å². The Bertz CT molecular complexity index is 950. The molecular formula is C23H27ClN2O2. The molecule has 28 heavy (non-hydrogen) atoms. The van der Waals surface area contributed by atoms with Gasteiger partial charge in [0.15, 0.2) is 0 Å². The summed E-state index contributed by atoms with van der Waals surface area (Å²) in [7, 11) is 0. The van der Waals surface area contributed by atoms with Gasteiger partial charge in [0.1, 0.15) is 0 Å². The average molecular weight is 399 g/mol. The van der Waals surface area contributed by atoms with E-state index >= 15 is 0 Å². The summed E-state index contributed by atoms with van der Waals surface area (Å²) in [4.78, 5) is 18.2. The van der Waals surface area contributed by atoms with Crippen LogP contribution >= 0.6 is 11.6 Å². The van der Waals surface area contributed by atoms with Crippen molar-refractivity contribution in [2.24, 2.45) is 4.99 Å². The summed E-state index contributed by atoms with van der Waals surface area (Å²) in [5.74, 6) is -0.534. The molecule has 1 aliphatic rings. The number of carbonyl (C=O) groups is 1. The largest absolute Gasteiger partial charge is 0.478 e. The molecule has 1 unspecified atom stereocenters. The molecule has 1 N–H and O–H groups in total. The minimum absolute atomic E-state index is 0.133. The fourth-order valence-corrected chi connectivity index (χ4v) is 4.44. The van der Waals surface area contributed by atoms with Gasteiger partial charge in [-0.25, -0.2) is 4.79 Å². The SMILES string of the molecule is CCN1c2cc(C)c(C=Nc3cc(C(=O)O)ccc3Cl)cc2C(C)CC1(C)C. The first-order valence-electron chi connectivity index (χ1n) is 9.63. The molecule has 5 heteroatoms. The Morgan fingerprint density at radius 3 is 2.71 bits per heavy atom. The normalized spacial score (nSPS) is 18.4. The zero-order chi connectivity index (χ0) is 20.6. The molecule has 2 aromatic rings. The van der Waals surface area contributed by atoms with Gasteiger partial charge >= 0.3 is 5.97 Å². The number of carboxylic acid groups (broad SMARTS) is 1. The fraction of sp³-hybridized carbons (Fsp3) is 0.391. The summed E-state index contributed by atoms with van der Waals surface area (Å²) in [6, 6.07) is 9.01. The second-order valence-electron chi connectivity index (χ2n) is 8.16. The molecular weight excluding hydrogens is 372 g/mol. The van der Waals surface area contributed by atoms with E-state index in [9.17, 15) is 9.90 Å². The van der Waals surface area contributed by atoms with Crippen LogP contribution in [-0.4, -0.2) is 29.4 Å². The highest BCUT2D eigenvalue weighted by Crippen LogP contribution is 2.44.